The Kier molecular flexibility index (Phi) is 7.44. The first-order chi connectivity index (χ1) is 13.3. The van der Waals surface area contributed by atoms with Gasteiger partial charge in [0.1, 0.15) is 11.4 Å². The molecule has 28 heavy (non-hydrogen) atoms. The van der Waals surface area contributed by atoms with E-state index < -0.39 is 5.91 Å². The molecule has 0 atom stereocenters. The first-order valence-electron chi connectivity index (χ1n) is 9.46. The molecule has 150 valence electrons. The van der Waals surface area contributed by atoms with Gasteiger partial charge in [0.25, 0.3) is 0 Å². The van der Waals surface area contributed by atoms with Crippen molar-refractivity contribution in [2.24, 2.45) is 10.7 Å². The van der Waals surface area contributed by atoms with Crippen LogP contribution in [-0.4, -0.2) is 24.0 Å². The van der Waals surface area contributed by atoms with Crippen LogP contribution in [0.1, 0.15) is 49.2 Å². The number of carbonyl (C=O) groups is 1. The molecule has 0 saturated carbocycles. The summed E-state index contributed by atoms with van der Waals surface area (Å²) in [5, 5.41) is 6.59. The number of nitrogens with one attached hydrogen (secondary N) is 2. The third-order valence-corrected chi connectivity index (χ3v) is 3.84. The van der Waals surface area contributed by atoms with Gasteiger partial charge in [0.05, 0.1) is 6.54 Å². The highest BCUT2D eigenvalue weighted by molar-refractivity contribution is 5.92. The molecule has 0 spiro atoms. The van der Waals surface area contributed by atoms with Gasteiger partial charge in [0.15, 0.2) is 5.96 Å². The highest BCUT2D eigenvalue weighted by atomic mass is 16.5. The van der Waals surface area contributed by atoms with E-state index in [2.05, 4.69) is 15.6 Å². The smallest absolute Gasteiger partial charge is 0.248 e. The van der Waals surface area contributed by atoms with Crippen molar-refractivity contribution < 1.29 is 9.53 Å². The zero-order valence-corrected chi connectivity index (χ0v) is 17.1. The Balaban J connectivity index is 2.05. The number of guanidine groups is 1. The van der Waals surface area contributed by atoms with Crippen LogP contribution in [0, 0.1) is 0 Å². The Morgan fingerprint density at radius 1 is 1.07 bits per heavy atom. The van der Waals surface area contributed by atoms with Crippen molar-refractivity contribution in [3.63, 3.8) is 0 Å². The summed E-state index contributed by atoms with van der Waals surface area (Å²) in [4.78, 5) is 15.8. The number of amides is 1. The number of benzene rings is 2. The van der Waals surface area contributed by atoms with Crippen molar-refractivity contribution >= 4 is 11.9 Å². The van der Waals surface area contributed by atoms with Crippen LogP contribution in [0.4, 0.5) is 0 Å². The van der Waals surface area contributed by atoms with Gasteiger partial charge < -0.3 is 21.1 Å². The molecule has 0 fully saturated rings. The van der Waals surface area contributed by atoms with Gasteiger partial charge in [0, 0.05) is 24.2 Å². The van der Waals surface area contributed by atoms with E-state index in [9.17, 15) is 4.79 Å². The quantitative estimate of drug-likeness (QED) is 0.507. The Labute approximate surface area is 167 Å². The summed E-state index contributed by atoms with van der Waals surface area (Å²) in [6.07, 6.45) is 0. The first-order valence-corrected chi connectivity index (χ1v) is 9.46. The highest BCUT2D eigenvalue weighted by Gasteiger charge is 2.14. The molecule has 2 aromatic rings. The molecule has 6 nitrogen and oxygen atoms in total. The lowest BCUT2D eigenvalue weighted by Crippen LogP contribution is -2.37. The third kappa shape index (κ3) is 6.95. The molecular weight excluding hydrogens is 352 g/mol. The maximum absolute atomic E-state index is 11.2. The van der Waals surface area contributed by atoms with Crippen molar-refractivity contribution in [1.29, 1.82) is 0 Å². The molecule has 0 aliphatic carbocycles. The third-order valence-electron chi connectivity index (χ3n) is 3.84. The minimum absolute atomic E-state index is 0.258. The summed E-state index contributed by atoms with van der Waals surface area (Å²) < 4.78 is 6.05. The predicted octanol–water partition coefficient (Wildman–Crippen LogP) is 3.22. The SMILES string of the molecule is CCNC(=NCc1ccc(C(N)=O)cc1)NCc1ccccc1OC(C)(C)C. The second kappa shape index (κ2) is 9.78. The molecule has 0 aromatic heterocycles. The average molecular weight is 383 g/mol. The van der Waals surface area contributed by atoms with Crippen molar-refractivity contribution in [3.8, 4) is 5.75 Å². The lowest BCUT2D eigenvalue weighted by molar-refractivity contribution is 0.1000. The monoisotopic (exact) mass is 382 g/mol. The molecule has 0 radical (unpaired) electrons. The molecule has 2 aromatic carbocycles. The normalized spacial score (nSPS) is 11.8. The average Bonchev–Trinajstić information content (AvgIpc) is 2.64. The maximum Gasteiger partial charge on any atom is 0.248 e. The Morgan fingerprint density at radius 3 is 2.36 bits per heavy atom. The number of aliphatic imine (C=N–C) groups is 1. The molecule has 2 rings (SSSR count). The molecule has 0 saturated heterocycles. The van der Waals surface area contributed by atoms with Crippen molar-refractivity contribution in [2.75, 3.05) is 6.54 Å². The molecule has 0 aliphatic heterocycles. The zero-order valence-electron chi connectivity index (χ0n) is 17.1. The lowest BCUT2D eigenvalue weighted by Gasteiger charge is -2.23. The van der Waals surface area contributed by atoms with Gasteiger partial charge >= 0.3 is 0 Å². The van der Waals surface area contributed by atoms with Crippen LogP contribution >= 0.6 is 0 Å². The van der Waals surface area contributed by atoms with Crippen LogP contribution in [0.5, 0.6) is 5.75 Å². The standard InChI is InChI=1S/C22H30N4O2/c1-5-24-21(25-14-16-10-12-17(13-11-16)20(23)27)26-15-18-8-6-7-9-19(18)28-22(2,3)4/h6-13H,5,14-15H2,1-4H3,(H2,23,27)(H2,24,25,26). The Morgan fingerprint density at radius 2 is 1.75 bits per heavy atom. The van der Waals surface area contributed by atoms with Gasteiger partial charge in [-0.2, -0.15) is 0 Å². The number of hydrogen-bond donors (Lipinski definition) is 3. The Bertz CT molecular complexity index is 808. The van der Waals surface area contributed by atoms with E-state index in [1.54, 1.807) is 12.1 Å². The van der Waals surface area contributed by atoms with E-state index in [1.807, 2.05) is 64.1 Å². The molecule has 6 heteroatoms. The summed E-state index contributed by atoms with van der Waals surface area (Å²) in [6.45, 7) is 9.97. The number of nitrogens with two attached hydrogens (primary N) is 1. The number of hydrogen-bond acceptors (Lipinski definition) is 3. The number of nitrogens with zero attached hydrogens (tertiary/aromatic N) is 1. The highest BCUT2D eigenvalue weighted by Crippen LogP contribution is 2.22. The van der Waals surface area contributed by atoms with E-state index in [-0.39, 0.29) is 5.60 Å². The molecule has 0 bridgehead atoms. The van der Waals surface area contributed by atoms with Crippen LogP contribution in [0.3, 0.4) is 0 Å². The first kappa shape index (κ1) is 21.3. The second-order valence-corrected chi connectivity index (χ2v) is 7.43. The maximum atomic E-state index is 11.2. The van der Waals surface area contributed by atoms with E-state index in [0.717, 1.165) is 23.4 Å². The van der Waals surface area contributed by atoms with Crippen molar-refractivity contribution in [3.05, 3.63) is 65.2 Å². The number of para-hydroxylation sites is 1. The van der Waals surface area contributed by atoms with Crippen LogP contribution in [0.15, 0.2) is 53.5 Å². The van der Waals surface area contributed by atoms with E-state index in [1.165, 1.54) is 0 Å². The van der Waals surface area contributed by atoms with Crippen LogP contribution in [0.2, 0.25) is 0 Å². The molecule has 0 heterocycles. The van der Waals surface area contributed by atoms with Crippen molar-refractivity contribution in [2.45, 2.75) is 46.4 Å². The van der Waals surface area contributed by atoms with Gasteiger partial charge in [-0.25, -0.2) is 4.99 Å². The van der Waals surface area contributed by atoms with Gasteiger partial charge in [0.2, 0.25) is 5.91 Å². The topological polar surface area (TPSA) is 88.7 Å². The summed E-state index contributed by atoms with van der Waals surface area (Å²) in [5.41, 5.74) is 7.57. The molecule has 4 N–H and O–H groups in total. The summed E-state index contributed by atoms with van der Waals surface area (Å²) >= 11 is 0. The minimum Gasteiger partial charge on any atom is -0.488 e. The molecule has 1 amide bonds. The van der Waals surface area contributed by atoms with Gasteiger partial charge in [-0.3, -0.25) is 4.79 Å². The molecule has 0 unspecified atom stereocenters. The van der Waals surface area contributed by atoms with Gasteiger partial charge in [-0.05, 0) is 51.5 Å². The summed E-state index contributed by atoms with van der Waals surface area (Å²) in [6, 6.07) is 15.1. The fourth-order valence-electron chi connectivity index (χ4n) is 2.54. The molecular formula is C22H30N4O2. The summed E-state index contributed by atoms with van der Waals surface area (Å²) in [5.74, 6) is 1.15. The van der Waals surface area contributed by atoms with Gasteiger partial charge in [-0.15, -0.1) is 0 Å². The fraction of sp³-hybridized carbons (Fsp3) is 0.364. The number of ether oxygens (including phenoxy) is 1. The predicted molar refractivity (Wildman–Crippen MR) is 113 cm³/mol. The fourth-order valence-corrected chi connectivity index (χ4v) is 2.54. The number of carbonyl (C=O) groups excluding carboxylic acids is 1. The number of primary amides is 1. The van der Waals surface area contributed by atoms with E-state index in [4.69, 9.17) is 10.5 Å². The number of rotatable bonds is 7. The largest absolute Gasteiger partial charge is 0.488 e. The van der Waals surface area contributed by atoms with Crippen LogP contribution < -0.4 is 21.1 Å². The molecule has 0 aliphatic rings. The zero-order chi connectivity index (χ0) is 20.6. The second-order valence-electron chi connectivity index (χ2n) is 7.43. The van der Waals surface area contributed by atoms with Gasteiger partial charge in [-0.1, -0.05) is 30.3 Å². The van der Waals surface area contributed by atoms with Crippen LogP contribution in [0.25, 0.3) is 0 Å². The van der Waals surface area contributed by atoms with Crippen molar-refractivity contribution in [1.82, 2.24) is 10.6 Å². The van der Waals surface area contributed by atoms with E-state index >= 15 is 0 Å². The Hall–Kier alpha value is -3.02. The lowest BCUT2D eigenvalue weighted by atomic mass is 10.1. The van der Waals surface area contributed by atoms with E-state index in [0.29, 0.717) is 24.6 Å². The van der Waals surface area contributed by atoms with Crippen LogP contribution in [-0.2, 0) is 13.1 Å². The minimum atomic E-state index is -0.429. The summed E-state index contributed by atoms with van der Waals surface area (Å²) in [7, 11) is 0.